The van der Waals surface area contributed by atoms with Crippen molar-refractivity contribution in [3.8, 4) is 0 Å². The van der Waals surface area contributed by atoms with Crippen molar-refractivity contribution in [2.24, 2.45) is 5.73 Å². The lowest BCUT2D eigenvalue weighted by molar-refractivity contribution is -0.155. The number of carbonyl (C=O) groups excluding carboxylic acids is 5. The molecule has 3 rings (SSSR count). The Morgan fingerprint density at radius 3 is 2.66 bits per heavy atom. The van der Waals surface area contributed by atoms with Gasteiger partial charge in [-0.25, -0.2) is 0 Å². The van der Waals surface area contributed by atoms with Crippen LogP contribution in [0.5, 0.6) is 0 Å². The van der Waals surface area contributed by atoms with Gasteiger partial charge in [0, 0.05) is 19.2 Å². The Balaban J connectivity index is 1.78. The lowest BCUT2D eigenvalue weighted by Gasteiger charge is -2.34. The first-order chi connectivity index (χ1) is 13.8. The molecule has 0 spiro atoms. The van der Waals surface area contributed by atoms with E-state index in [1.165, 1.54) is 13.0 Å². The maximum Gasteiger partial charge on any atom is 0.322 e. The van der Waals surface area contributed by atoms with Gasteiger partial charge in [-0.1, -0.05) is 6.07 Å². The number of hydrogen-bond donors (Lipinski definition) is 2. The lowest BCUT2D eigenvalue weighted by Crippen LogP contribution is -2.56. The van der Waals surface area contributed by atoms with E-state index < -0.39 is 41.7 Å². The van der Waals surface area contributed by atoms with Gasteiger partial charge in [0.2, 0.25) is 5.91 Å². The molecule has 1 saturated heterocycles. The topological polar surface area (TPSA) is 139 Å². The molecule has 2 atom stereocenters. The Labute approximate surface area is 166 Å². The number of nitrogens with zero attached hydrogens (tertiary/aromatic N) is 2. The molecule has 0 aromatic heterocycles. The largest absolute Gasteiger partial charge is 0.463 e. The van der Waals surface area contributed by atoms with Gasteiger partial charge in [-0.3, -0.25) is 33.8 Å². The Morgan fingerprint density at radius 1 is 1.28 bits per heavy atom. The number of amides is 4. The van der Waals surface area contributed by atoms with Gasteiger partial charge in [-0.15, -0.1) is 0 Å². The van der Waals surface area contributed by atoms with Crippen molar-refractivity contribution in [2.75, 3.05) is 25.5 Å². The van der Waals surface area contributed by atoms with E-state index in [1.54, 1.807) is 19.2 Å². The van der Waals surface area contributed by atoms with E-state index in [4.69, 9.17) is 10.5 Å². The van der Waals surface area contributed by atoms with Crippen LogP contribution in [0.4, 0.5) is 5.69 Å². The number of likely N-dealkylation sites (tertiary alicyclic amines) is 1. The number of anilines is 1. The summed E-state index contributed by atoms with van der Waals surface area (Å²) in [4.78, 5) is 64.1. The minimum Gasteiger partial charge on any atom is -0.463 e. The van der Waals surface area contributed by atoms with Crippen LogP contribution in [-0.2, 0) is 19.1 Å². The quantitative estimate of drug-likeness (QED) is 0.490. The van der Waals surface area contributed by atoms with Gasteiger partial charge >= 0.3 is 5.97 Å². The van der Waals surface area contributed by atoms with Crippen LogP contribution in [0.25, 0.3) is 0 Å². The van der Waals surface area contributed by atoms with E-state index in [9.17, 15) is 24.0 Å². The second-order valence-electron chi connectivity index (χ2n) is 6.85. The number of fused-ring (bicyclic) bond motifs is 1. The first-order valence-corrected chi connectivity index (χ1v) is 9.23. The van der Waals surface area contributed by atoms with Crippen LogP contribution in [0.15, 0.2) is 18.2 Å². The molecule has 0 bridgehead atoms. The number of piperidine rings is 1. The highest BCUT2D eigenvalue weighted by atomic mass is 16.5. The van der Waals surface area contributed by atoms with Crippen LogP contribution in [0.1, 0.15) is 40.5 Å². The van der Waals surface area contributed by atoms with Gasteiger partial charge in [0.1, 0.15) is 18.7 Å². The molecular weight excluding hydrogens is 380 g/mol. The van der Waals surface area contributed by atoms with E-state index >= 15 is 0 Å². The second-order valence-corrected chi connectivity index (χ2v) is 6.85. The van der Waals surface area contributed by atoms with Crippen molar-refractivity contribution in [1.29, 1.82) is 0 Å². The molecule has 0 saturated carbocycles. The van der Waals surface area contributed by atoms with E-state index in [0.717, 1.165) is 9.80 Å². The fourth-order valence-corrected chi connectivity index (χ4v) is 3.46. The number of nitrogens with two attached hydrogens (primary N) is 1. The molecule has 3 N–H and O–H groups in total. The fourth-order valence-electron chi connectivity index (χ4n) is 3.46. The molecule has 10 nitrogen and oxygen atoms in total. The zero-order valence-electron chi connectivity index (χ0n) is 16.1. The summed E-state index contributed by atoms with van der Waals surface area (Å²) in [6.45, 7) is 1.07. The van der Waals surface area contributed by atoms with Gasteiger partial charge in [0.15, 0.2) is 0 Å². The monoisotopic (exact) mass is 402 g/mol. The average molecular weight is 402 g/mol. The lowest BCUT2D eigenvalue weighted by atomic mass is 10.0. The molecule has 4 amide bonds. The molecule has 154 valence electrons. The number of nitrogens with one attached hydrogen (secondary N) is 1. The zero-order valence-corrected chi connectivity index (χ0v) is 16.1. The summed E-state index contributed by atoms with van der Waals surface area (Å²) >= 11 is 0. The molecule has 2 heterocycles. The normalized spacial score (nSPS) is 20.0. The third-order valence-electron chi connectivity index (χ3n) is 4.94. The summed E-state index contributed by atoms with van der Waals surface area (Å²) in [6, 6.07) is 2.92. The summed E-state index contributed by atoms with van der Waals surface area (Å²) in [6.07, 6.45) is 0.0398. The van der Waals surface area contributed by atoms with Crippen LogP contribution < -0.4 is 11.1 Å². The van der Waals surface area contributed by atoms with Crippen molar-refractivity contribution < 1.29 is 28.7 Å². The van der Waals surface area contributed by atoms with Crippen molar-refractivity contribution in [2.45, 2.75) is 31.8 Å². The molecule has 0 radical (unpaired) electrons. The highest BCUT2D eigenvalue weighted by Gasteiger charge is 2.47. The number of ether oxygens (including phenoxy) is 1. The molecule has 1 aromatic rings. The average Bonchev–Trinajstić information content (AvgIpc) is 2.95. The smallest absolute Gasteiger partial charge is 0.322 e. The highest BCUT2D eigenvalue weighted by Crippen LogP contribution is 2.33. The van der Waals surface area contributed by atoms with Gasteiger partial charge in [-0.2, -0.15) is 0 Å². The molecule has 2 aliphatic heterocycles. The van der Waals surface area contributed by atoms with Crippen LogP contribution >= 0.6 is 0 Å². The molecule has 10 heteroatoms. The predicted octanol–water partition coefficient (Wildman–Crippen LogP) is -0.268. The zero-order chi connectivity index (χ0) is 21.3. The molecule has 29 heavy (non-hydrogen) atoms. The Morgan fingerprint density at radius 2 is 2.00 bits per heavy atom. The Kier molecular flexibility index (Phi) is 5.64. The summed E-state index contributed by atoms with van der Waals surface area (Å²) in [5.41, 5.74) is 6.31. The maximum atomic E-state index is 12.9. The van der Waals surface area contributed by atoms with E-state index in [-0.39, 0.29) is 37.1 Å². The van der Waals surface area contributed by atoms with Crippen molar-refractivity contribution >= 4 is 35.3 Å². The SMILES string of the molecule is CNc1cccc2c1C(=O)N(C1CCC(=O)N(CCOC(=O)[C@H](C)N)C1=O)C2=O. The van der Waals surface area contributed by atoms with Crippen LogP contribution in [0.3, 0.4) is 0 Å². The number of benzene rings is 1. The maximum absolute atomic E-state index is 12.9. The minimum atomic E-state index is -1.09. The van der Waals surface area contributed by atoms with Crippen LogP contribution in [0, 0.1) is 0 Å². The summed E-state index contributed by atoms with van der Waals surface area (Å²) < 4.78 is 4.92. The van der Waals surface area contributed by atoms with E-state index in [0.29, 0.717) is 5.69 Å². The fraction of sp³-hybridized carbons (Fsp3) is 0.421. The molecule has 1 fully saturated rings. The number of rotatable bonds is 6. The molecular formula is C19H22N4O6. The van der Waals surface area contributed by atoms with Gasteiger partial charge in [-0.05, 0) is 25.5 Å². The van der Waals surface area contributed by atoms with Crippen molar-refractivity contribution in [3.05, 3.63) is 29.3 Å². The van der Waals surface area contributed by atoms with Crippen molar-refractivity contribution in [3.63, 3.8) is 0 Å². The first-order valence-electron chi connectivity index (χ1n) is 9.23. The summed E-state index contributed by atoms with van der Waals surface area (Å²) in [5.74, 6) is -2.92. The van der Waals surface area contributed by atoms with Gasteiger partial charge in [0.25, 0.3) is 17.7 Å². The number of imide groups is 2. The first kappa shape index (κ1) is 20.5. The summed E-state index contributed by atoms with van der Waals surface area (Å²) in [5, 5.41) is 2.87. The predicted molar refractivity (Wildman–Crippen MR) is 101 cm³/mol. The van der Waals surface area contributed by atoms with Crippen LogP contribution in [-0.4, -0.2) is 71.7 Å². The summed E-state index contributed by atoms with van der Waals surface area (Å²) in [7, 11) is 1.63. The van der Waals surface area contributed by atoms with Gasteiger partial charge < -0.3 is 15.8 Å². The van der Waals surface area contributed by atoms with E-state index in [1.807, 2.05) is 0 Å². The Bertz CT molecular complexity index is 897. The Hall–Kier alpha value is -3.27. The standard InChI is InChI=1S/C19H22N4O6/c1-10(20)19(28)29-9-8-22-14(24)7-6-13(17(22)26)23-16(25)11-4-3-5-12(21-2)15(11)18(23)27/h3-5,10,13,21H,6-9,20H2,1-2H3/t10-,13?/m0/s1. The molecule has 0 aliphatic carbocycles. The molecule has 2 aliphatic rings. The second kappa shape index (κ2) is 8.00. The third-order valence-corrected chi connectivity index (χ3v) is 4.94. The highest BCUT2D eigenvalue weighted by molar-refractivity contribution is 6.25. The van der Waals surface area contributed by atoms with Gasteiger partial charge in [0.05, 0.1) is 17.7 Å². The van der Waals surface area contributed by atoms with Crippen LogP contribution in [0.2, 0.25) is 0 Å². The number of hydrogen-bond acceptors (Lipinski definition) is 8. The third kappa shape index (κ3) is 3.58. The number of esters is 1. The van der Waals surface area contributed by atoms with Crippen molar-refractivity contribution in [1.82, 2.24) is 9.80 Å². The minimum absolute atomic E-state index is 0.00999. The molecule has 1 aromatic carbocycles. The molecule has 1 unspecified atom stereocenters. The number of carbonyl (C=O) groups is 5. The van der Waals surface area contributed by atoms with E-state index in [2.05, 4.69) is 5.32 Å².